The Morgan fingerprint density at radius 2 is 2.00 bits per heavy atom. The molecule has 0 aliphatic heterocycles. The summed E-state index contributed by atoms with van der Waals surface area (Å²) in [6, 6.07) is 0. The lowest BCUT2D eigenvalue weighted by Crippen LogP contribution is -2.61. The lowest BCUT2D eigenvalue weighted by atomic mass is 9.85. The number of hydrogen-bond donors (Lipinski definition) is 2. The molecule has 0 radical (unpaired) electrons. The molecule has 6 heteroatoms. The maximum absolute atomic E-state index is 12.3. The van der Waals surface area contributed by atoms with Crippen molar-refractivity contribution in [3.63, 3.8) is 0 Å². The van der Waals surface area contributed by atoms with E-state index in [9.17, 15) is 18.0 Å². The van der Waals surface area contributed by atoms with Gasteiger partial charge in [0, 0.05) is 6.54 Å². The Kier molecular flexibility index (Phi) is 3.28. The number of amides is 1. The molecule has 1 aliphatic carbocycles. The van der Waals surface area contributed by atoms with Crippen LogP contribution in [-0.4, -0.2) is 24.2 Å². The largest absolute Gasteiger partial charge is 0.415 e. The highest BCUT2D eigenvalue weighted by atomic mass is 19.4. The molecule has 1 rings (SSSR count). The van der Waals surface area contributed by atoms with E-state index in [1.165, 1.54) is 0 Å². The first kappa shape index (κ1) is 12.3. The van der Waals surface area contributed by atoms with Gasteiger partial charge in [-0.2, -0.15) is 13.2 Å². The Bertz CT molecular complexity index is 246. The molecule has 1 unspecified atom stereocenters. The highest BCUT2D eigenvalue weighted by Gasteiger charge is 2.53. The van der Waals surface area contributed by atoms with Crippen molar-refractivity contribution in [3.05, 3.63) is 0 Å². The quantitative estimate of drug-likeness (QED) is 0.756. The zero-order valence-corrected chi connectivity index (χ0v) is 8.53. The lowest BCUT2D eigenvalue weighted by Gasteiger charge is -2.29. The van der Waals surface area contributed by atoms with Crippen LogP contribution in [0.2, 0.25) is 0 Å². The van der Waals surface area contributed by atoms with Gasteiger partial charge in [0.15, 0.2) is 5.54 Å². The van der Waals surface area contributed by atoms with E-state index in [1.807, 2.05) is 0 Å². The molecule has 1 saturated carbocycles. The predicted octanol–water partition coefficient (Wildman–Crippen LogP) is 1.18. The molecular weight excluding hydrogens is 209 g/mol. The topological polar surface area (TPSA) is 55.1 Å². The van der Waals surface area contributed by atoms with Crippen LogP contribution in [0.4, 0.5) is 13.2 Å². The summed E-state index contributed by atoms with van der Waals surface area (Å²) in [7, 11) is 0. The van der Waals surface area contributed by atoms with Crippen LogP contribution in [0.5, 0.6) is 0 Å². The number of carbonyl (C=O) groups is 1. The molecule has 0 aromatic carbocycles. The summed E-state index contributed by atoms with van der Waals surface area (Å²) in [4.78, 5) is 11.2. The minimum atomic E-state index is -4.71. The number of halogens is 3. The standard InChI is InChI=1S/C9H15F3N2O/c1-8(13,9(10,11)12)7(15)14-5-6-3-2-4-6/h6H,2-5,13H2,1H3,(H,14,15). The van der Waals surface area contributed by atoms with Gasteiger partial charge in [-0.15, -0.1) is 0 Å². The predicted molar refractivity (Wildman–Crippen MR) is 49.0 cm³/mol. The van der Waals surface area contributed by atoms with Gasteiger partial charge in [-0.1, -0.05) is 6.42 Å². The SMILES string of the molecule is CC(N)(C(=O)NCC1CCC1)C(F)(F)F. The summed E-state index contributed by atoms with van der Waals surface area (Å²) in [6.07, 6.45) is -1.70. The van der Waals surface area contributed by atoms with E-state index in [1.54, 1.807) is 0 Å². The van der Waals surface area contributed by atoms with Crippen molar-refractivity contribution in [1.82, 2.24) is 5.32 Å². The fourth-order valence-electron chi connectivity index (χ4n) is 1.25. The van der Waals surface area contributed by atoms with Crippen LogP contribution in [0.25, 0.3) is 0 Å². The molecule has 1 amide bonds. The third kappa shape index (κ3) is 2.62. The summed E-state index contributed by atoms with van der Waals surface area (Å²) < 4.78 is 37.0. The van der Waals surface area contributed by atoms with Gasteiger partial charge in [0.05, 0.1) is 0 Å². The van der Waals surface area contributed by atoms with Crippen molar-refractivity contribution in [1.29, 1.82) is 0 Å². The van der Waals surface area contributed by atoms with Gasteiger partial charge < -0.3 is 11.1 Å². The maximum Gasteiger partial charge on any atom is 0.415 e. The van der Waals surface area contributed by atoms with E-state index < -0.39 is 17.6 Å². The number of hydrogen-bond acceptors (Lipinski definition) is 2. The highest BCUT2D eigenvalue weighted by Crippen LogP contribution is 2.29. The summed E-state index contributed by atoms with van der Waals surface area (Å²) >= 11 is 0. The number of nitrogens with one attached hydrogen (secondary N) is 1. The van der Waals surface area contributed by atoms with Crippen LogP contribution in [-0.2, 0) is 4.79 Å². The Morgan fingerprint density at radius 3 is 2.33 bits per heavy atom. The van der Waals surface area contributed by atoms with Crippen molar-refractivity contribution in [2.24, 2.45) is 11.7 Å². The van der Waals surface area contributed by atoms with Crippen LogP contribution in [0.1, 0.15) is 26.2 Å². The molecule has 0 saturated heterocycles. The van der Waals surface area contributed by atoms with Gasteiger partial charge in [0.1, 0.15) is 0 Å². The van der Waals surface area contributed by atoms with E-state index in [0.29, 0.717) is 19.4 Å². The molecule has 3 N–H and O–H groups in total. The summed E-state index contributed by atoms with van der Waals surface area (Å²) in [5, 5.41) is 2.25. The first-order chi connectivity index (χ1) is 6.75. The molecule has 88 valence electrons. The molecule has 1 atom stereocenters. The Morgan fingerprint density at radius 1 is 1.47 bits per heavy atom. The van der Waals surface area contributed by atoms with Crippen LogP contribution in [0.3, 0.4) is 0 Å². The summed E-state index contributed by atoms with van der Waals surface area (Å²) in [5.74, 6) is -0.833. The highest BCUT2D eigenvalue weighted by molar-refractivity contribution is 5.86. The van der Waals surface area contributed by atoms with E-state index in [4.69, 9.17) is 5.73 Å². The second kappa shape index (κ2) is 4.00. The van der Waals surface area contributed by atoms with Crippen molar-refractivity contribution in [3.8, 4) is 0 Å². The third-order valence-corrected chi connectivity index (χ3v) is 2.84. The Labute approximate surface area is 86.2 Å². The van der Waals surface area contributed by atoms with Gasteiger partial charge in [0.2, 0.25) is 5.91 Å². The van der Waals surface area contributed by atoms with Crippen molar-refractivity contribution in [2.45, 2.75) is 37.9 Å². The monoisotopic (exact) mass is 224 g/mol. The first-order valence-corrected chi connectivity index (χ1v) is 4.89. The van der Waals surface area contributed by atoms with Gasteiger partial charge >= 0.3 is 6.18 Å². The van der Waals surface area contributed by atoms with Crippen LogP contribution in [0, 0.1) is 5.92 Å². The van der Waals surface area contributed by atoms with E-state index in [-0.39, 0.29) is 0 Å². The molecule has 1 fully saturated rings. The minimum Gasteiger partial charge on any atom is -0.354 e. The van der Waals surface area contributed by atoms with Gasteiger partial charge in [0.25, 0.3) is 0 Å². The van der Waals surface area contributed by atoms with Crippen molar-refractivity contribution >= 4 is 5.91 Å². The molecule has 0 spiro atoms. The number of rotatable bonds is 3. The molecule has 3 nitrogen and oxygen atoms in total. The zero-order valence-electron chi connectivity index (χ0n) is 8.53. The van der Waals surface area contributed by atoms with Gasteiger partial charge in [-0.3, -0.25) is 4.79 Å². The molecule has 0 aromatic heterocycles. The average Bonchev–Trinajstić information content (AvgIpc) is 1.98. The Balaban J connectivity index is 2.44. The zero-order chi connectivity index (χ0) is 11.7. The second-order valence-corrected chi connectivity index (χ2v) is 4.21. The smallest absolute Gasteiger partial charge is 0.354 e. The lowest BCUT2D eigenvalue weighted by molar-refractivity contribution is -0.187. The Hall–Kier alpha value is -0.780. The molecule has 0 bridgehead atoms. The van der Waals surface area contributed by atoms with Gasteiger partial charge in [-0.25, -0.2) is 0 Å². The van der Waals surface area contributed by atoms with Crippen molar-refractivity contribution < 1.29 is 18.0 Å². The molecule has 0 heterocycles. The summed E-state index contributed by atoms with van der Waals surface area (Å²) in [6.45, 7) is 0.977. The van der Waals surface area contributed by atoms with Crippen LogP contribution < -0.4 is 11.1 Å². The normalized spacial score (nSPS) is 21.7. The average molecular weight is 224 g/mol. The number of carbonyl (C=O) groups excluding carboxylic acids is 1. The second-order valence-electron chi connectivity index (χ2n) is 4.21. The number of nitrogens with two attached hydrogens (primary N) is 1. The van der Waals surface area contributed by atoms with E-state index >= 15 is 0 Å². The van der Waals surface area contributed by atoms with E-state index in [2.05, 4.69) is 5.32 Å². The number of alkyl halides is 3. The fraction of sp³-hybridized carbons (Fsp3) is 0.889. The van der Waals surface area contributed by atoms with E-state index in [0.717, 1.165) is 19.3 Å². The maximum atomic E-state index is 12.3. The summed E-state index contributed by atoms with van der Waals surface area (Å²) in [5.41, 5.74) is 2.15. The van der Waals surface area contributed by atoms with Crippen LogP contribution in [0.15, 0.2) is 0 Å². The first-order valence-electron chi connectivity index (χ1n) is 4.89. The van der Waals surface area contributed by atoms with Crippen LogP contribution >= 0.6 is 0 Å². The van der Waals surface area contributed by atoms with Crippen molar-refractivity contribution in [2.75, 3.05) is 6.54 Å². The third-order valence-electron chi connectivity index (χ3n) is 2.84. The molecule has 0 aromatic rings. The minimum absolute atomic E-state index is 0.293. The molecule has 15 heavy (non-hydrogen) atoms. The van der Waals surface area contributed by atoms with Gasteiger partial charge in [-0.05, 0) is 25.7 Å². The fourth-order valence-corrected chi connectivity index (χ4v) is 1.25. The molecular formula is C9H15F3N2O. The molecule has 1 aliphatic rings.